The van der Waals surface area contributed by atoms with Crippen LogP contribution in [0.15, 0.2) is 4.52 Å². The summed E-state index contributed by atoms with van der Waals surface area (Å²) in [5.41, 5.74) is 1.13. The van der Waals surface area contributed by atoms with Crippen LogP contribution in [0.5, 0.6) is 0 Å². The highest BCUT2D eigenvalue weighted by molar-refractivity contribution is 7.15. The summed E-state index contributed by atoms with van der Waals surface area (Å²) in [6.45, 7) is 0.233. The van der Waals surface area contributed by atoms with Gasteiger partial charge in [0.15, 0.2) is 11.0 Å². The third-order valence-electron chi connectivity index (χ3n) is 3.64. The second-order valence-electron chi connectivity index (χ2n) is 5.37. The number of hydrogen-bond acceptors (Lipinski definition) is 6. The van der Waals surface area contributed by atoms with Crippen LogP contribution in [0.1, 0.15) is 47.5 Å². The summed E-state index contributed by atoms with van der Waals surface area (Å²) in [7, 11) is 0. The molecule has 2 N–H and O–H groups in total. The molecule has 7 nitrogen and oxygen atoms in total. The zero-order valence-corrected chi connectivity index (χ0v) is 12.2. The van der Waals surface area contributed by atoms with E-state index in [0.717, 1.165) is 37.2 Å². The molecule has 2 aliphatic carbocycles. The third-order valence-corrected chi connectivity index (χ3v) is 4.72. The second-order valence-corrected chi connectivity index (χ2v) is 6.45. The fourth-order valence-electron chi connectivity index (χ4n) is 2.39. The molecule has 0 atom stereocenters. The highest BCUT2D eigenvalue weighted by Gasteiger charge is 2.28. The summed E-state index contributed by atoms with van der Waals surface area (Å²) in [5, 5.41) is 10.0. The Morgan fingerprint density at radius 1 is 1.33 bits per heavy atom. The molecule has 0 spiro atoms. The Kier molecular flexibility index (Phi) is 3.10. The van der Waals surface area contributed by atoms with Gasteiger partial charge in [0.2, 0.25) is 5.89 Å². The van der Waals surface area contributed by atoms with Crippen LogP contribution in [-0.2, 0) is 19.4 Å². The van der Waals surface area contributed by atoms with E-state index in [1.54, 1.807) is 11.3 Å². The molecule has 8 heteroatoms. The molecule has 0 aromatic carbocycles. The Hall–Kier alpha value is -1.96. The van der Waals surface area contributed by atoms with Gasteiger partial charge >= 0.3 is 6.03 Å². The summed E-state index contributed by atoms with van der Waals surface area (Å²) in [6.07, 6.45) is 5.51. The van der Waals surface area contributed by atoms with Crippen LogP contribution >= 0.6 is 11.3 Å². The summed E-state index contributed by atoms with van der Waals surface area (Å²) in [6, 6.07) is -0.298. The topological polar surface area (TPSA) is 92.9 Å². The molecule has 2 amide bonds. The van der Waals surface area contributed by atoms with Gasteiger partial charge in [-0.1, -0.05) is 5.16 Å². The van der Waals surface area contributed by atoms with Gasteiger partial charge in [0.1, 0.15) is 0 Å². The Balaban J connectivity index is 1.30. The van der Waals surface area contributed by atoms with Gasteiger partial charge in [0.25, 0.3) is 0 Å². The van der Waals surface area contributed by atoms with Crippen molar-refractivity contribution >= 4 is 22.5 Å². The van der Waals surface area contributed by atoms with Crippen molar-refractivity contribution in [3.8, 4) is 0 Å². The minimum absolute atomic E-state index is 0.233. The highest BCUT2D eigenvalue weighted by atomic mass is 32.1. The van der Waals surface area contributed by atoms with Crippen LogP contribution in [0, 0.1) is 0 Å². The molecule has 0 saturated heterocycles. The first-order valence-electron chi connectivity index (χ1n) is 7.14. The number of thiazole rings is 1. The van der Waals surface area contributed by atoms with E-state index in [2.05, 4.69) is 25.8 Å². The van der Waals surface area contributed by atoms with Crippen LogP contribution in [0.4, 0.5) is 9.93 Å². The number of anilines is 1. The van der Waals surface area contributed by atoms with E-state index < -0.39 is 0 Å². The van der Waals surface area contributed by atoms with Crippen LogP contribution in [0.3, 0.4) is 0 Å². The molecule has 0 unspecified atom stereocenters. The van der Waals surface area contributed by atoms with Crippen LogP contribution in [0.25, 0.3) is 0 Å². The Bertz CT molecular complexity index is 654. The van der Waals surface area contributed by atoms with Crippen molar-refractivity contribution in [3.05, 3.63) is 22.3 Å². The lowest BCUT2D eigenvalue weighted by Gasteiger charge is -2.02. The highest BCUT2D eigenvalue weighted by Crippen LogP contribution is 2.38. The molecule has 0 radical (unpaired) electrons. The van der Waals surface area contributed by atoms with E-state index in [1.165, 1.54) is 11.3 Å². The second kappa shape index (κ2) is 5.10. The number of urea groups is 1. The molecular formula is C13H15N5O2S. The molecule has 2 aromatic heterocycles. The van der Waals surface area contributed by atoms with Gasteiger partial charge in [-0.2, -0.15) is 4.98 Å². The molecule has 0 aliphatic heterocycles. The molecule has 110 valence electrons. The summed E-state index contributed by atoms with van der Waals surface area (Å²) in [4.78, 5) is 21.8. The molecule has 2 aromatic rings. The van der Waals surface area contributed by atoms with Crippen molar-refractivity contribution in [1.29, 1.82) is 0 Å². The van der Waals surface area contributed by atoms with Gasteiger partial charge in [-0.25, -0.2) is 9.78 Å². The minimum atomic E-state index is -0.298. The number of nitrogens with zero attached hydrogens (tertiary/aromatic N) is 3. The standard InChI is InChI=1S/C13H15N5O2S/c19-12(17-13-15-8-2-1-3-9(8)21-13)14-6-10-16-11(18-20-10)7-4-5-7/h7H,1-6H2,(H2,14,15,17,19). The number of aromatic nitrogens is 3. The lowest BCUT2D eigenvalue weighted by atomic mass is 10.4. The van der Waals surface area contributed by atoms with Gasteiger partial charge in [-0.15, -0.1) is 11.3 Å². The zero-order chi connectivity index (χ0) is 14.2. The van der Waals surface area contributed by atoms with Gasteiger partial charge in [0.05, 0.1) is 12.2 Å². The molecule has 4 rings (SSSR count). The van der Waals surface area contributed by atoms with E-state index in [9.17, 15) is 4.79 Å². The average Bonchev–Trinajstić information content (AvgIpc) is 2.88. The maximum Gasteiger partial charge on any atom is 0.321 e. The van der Waals surface area contributed by atoms with Crippen LogP contribution in [-0.4, -0.2) is 21.2 Å². The fourth-order valence-corrected chi connectivity index (χ4v) is 3.43. The molecule has 0 bridgehead atoms. The Morgan fingerprint density at radius 3 is 3.05 bits per heavy atom. The van der Waals surface area contributed by atoms with E-state index >= 15 is 0 Å². The molecule has 2 aliphatic rings. The number of rotatable bonds is 4. The average molecular weight is 305 g/mol. The fraction of sp³-hybridized carbons (Fsp3) is 0.538. The number of aryl methyl sites for hydroxylation is 2. The minimum Gasteiger partial charge on any atom is -0.337 e. The van der Waals surface area contributed by atoms with Crippen molar-refractivity contribution in [2.24, 2.45) is 0 Å². The monoisotopic (exact) mass is 305 g/mol. The lowest BCUT2D eigenvalue weighted by Crippen LogP contribution is -2.28. The number of amides is 2. The first-order valence-corrected chi connectivity index (χ1v) is 7.95. The number of carbonyl (C=O) groups is 1. The number of hydrogen-bond donors (Lipinski definition) is 2. The van der Waals surface area contributed by atoms with Gasteiger partial charge in [-0.3, -0.25) is 5.32 Å². The van der Waals surface area contributed by atoms with Crippen molar-refractivity contribution < 1.29 is 9.32 Å². The molecule has 21 heavy (non-hydrogen) atoms. The SMILES string of the molecule is O=C(NCc1nc(C2CC2)no1)Nc1nc2c(s1)CCC2. The van der Waals surface area contributed by atoms with Crippen LogP contribution in [0.2, 0.25) is 0 Å². The lowest BCUT2D eigenvalue weighted by molar-refractivity contribution is 0.249. The third kappa shape index (κ3) is 2.76. The molecular weight excluding hydrogens is 290 g/mol. The first kappa shape index (κ1) is 12.8. The Labute approximate surface area is 125 Å². The summed E-state index contributed by atoms with van der Waals surface area (Å²) in [5.74, 6) is 1.64. The first-order chi connectivity index (χ1) is 10.3. The van der Waals surface area contributed by atoms with Gasteiger partial charge in [-0.05, 0) is 32.1 Å². The van der Waals surface area contributed by atoms with E-state index in [4.69, 9.17) is 4.52 Å². The maximum absolute atomic E-state index is 11.8. The Morgan fingerprint density at radius 2 is 2.24 bits per heavy atom. The summed E-state index contributed by atoms with van der Waals surface area (Å²) >= 11 is 1.55. The van der Waals surface area contributed by atoms with Crippen molar-refractivity contribution in [2.45, 2.75) is 44.6 Å². The molecule has 1 saturated carbocycles. The number of nitrogens with one attached hydrogen (secondary N) is 2. The zero-order valence-electron chi connectivity index (χ0n) is 11.4. The van der Waals surface area contributed by atoms with Crippen molar-refractivity contribution in [2.75, 3.05) is 5.32 Å². The maximum atomic E-state index is 11.8. The molecule has 2 heterocycles. The normalized spacial score (nSPS) is 16.8. The smallest absolute Gasteiger partial charge is 0.321 e. The molecule has 1 fully saturated rings. The number of fused-ring (bicyclic) bond motifs is 1. The largest absolute Gasteiger partial charge is 0.337 e. The predicted octanol–water partition coefficient (Wildman–Crippen LogP) is 2.21. The van der Waals surface area contributed by atoms with Gasteiger partial charge < -0.3 is 9.84 Å². The van der Waals surface area contributed by atoms with Crippen molar-refractivity contribution in [1.82, 2.24) is 20.4 Å². The summed E-state index contributed by atoms with van der Waals surface area (Å²) < 4.78 is 5.10. The van der Waals surface area contributed by atoms with E-state index in [-0.39, 0.29) is 12.6 Å². The van der Waals surface area contributed by atoms with E-state index in [1.807, 2.05) is 0 Å². The predicted molar refractivity (Wildman–Crippen MR) is 76.3 cm³/mol. The number of carbonyl (C=O) groups excluding carboxylic acids is 1. The quantitative estimate of drug-likeness (QED) is 0.903. The van der Waals surface area contributed by atoms with Crippen molar-refractivity contribution in [3.63, 3.8) is 0 Å². The van der Waals surface area contributed by atoms with Gasteiger partial charge in [0, 0.05) is 10.8 Å². The van der Waals surface area contributed by atoms with E-state index in [0.29, 0.717) is 16.9 Å². The van der Waals surface area contributed by atoms with Crippen LogP contribution < -0.4 is 10.6 Å².